The molecule has 0 aliphatic heterocycles. The topological polar surface area (TPSA) is 113 Å². The number of ether oxygens (including phenoxy) is 1. The molecule has 1 amide bonds. The first-order chi connectivity index (χ1) is 12.6. The molecule has 0 spiro atoms. The number of aromatic nitrogens is 2. The molecule has 1 fully saturated rings. The summed E-state index contributed by atoms with van der Waals surface area (Å²) in [6.07, 6.45) is 3.15. The van der Waals surface area contributed by atoms with Crippen LogP contribution < -0.4 is 10.6 Å². The summed E-state index contributed by atoms with van der Waals surface area (Å²) < 4.78 is 5.03. The van der Waals surface area contributed by atoms with Gasteiger partial charge in [-0.15, -0.1) is 0 Å². The van der Waals surface area contributed by atoms with E-state index in [2.05, 4.69) is 20.8 Å². The van der Waals surface area contributed by atoms with E-state index in [1.807, 2.05) is 6.07 Å². The maximum atomic E-state index is 11.9. The minimum Gasteiger partial charge on any atom is -0.465 e. The van der Waals surface area contributed by atoms with E-state index in [9.17, 15) is 14.4 Å². The number of aromatic amines is 1. The Bertz CT molecular complexity index is 817. The van der Waals surface area contributed by atoms with Crippen LogP contribution in [-0.4, -0.2) is 42.0 Å². The molecule has 1 aliphatic rings. The Hall–Kier alpha value is -3.16. The molecule has 0 saturated heterocycles. The minimum atomic E-state index is -0.328. The van der Waals surface area contributed by atoms with E-state index >= 15 is 0 Å². The number of amides is 1. The molecule has 1 heterocycles. The fourth-order valence-electron chi connectivity index (χ4n) is 3.25. The van der Waals surface area contributed by atoms with Crippen molar-refractivity contribution in [2.24, 2.45) is 0 Å². The SMILES string of the molecule is CNC(=O)c1cc(Nc2cc(C3CCC(OC=O)C3)[nH]n2)ccc1C=O. The van der Waals surface area contributed by atoms with Gasteiger partial charge in [0.25, 0.3) is 12.4 Å². The van der Waals surface area contributed by atoms with Crippen LogP contribution in [0, 0.1) is 0 Å². The number of hydrogen-bond donors (Lipinski definition) is 3. The van der Waals surface area contributed by atoms with Crippen LogP contribution in [0.3, 0.4) is 0 Å². The summed E-state index contributed by atoms with van der Waals surface area (Å²) in [7, 11) is 1.51. The van der Waals surface area contributed by atoms with Crippen LogP contribution in [-0.2, 0) is 9.53 Å². The second-order valence-electron chi connectivity index (χ2n) is 6.20. The molecule has 1 aliphatic carbocycles. The maximum Gasteiger partial charge on any atom is 0.293 e. The molecule has 8 nitrogen and oxygen atoms in total. The lowest BCUT2D eigenvalue weighted by molar-refractivity contribution is -0.133. The van der Waals surface area contributed by atoms with E-state index in [-0.39, 0.29) is 17.9 Å². The number of hydrogen-bond acceptors (Lipinski definition) is 6. The van der Waals surface area contributed by atoms with Crippen molar-refractivity contribution >= 4 is 30.2 Å². The number of H-pyrrole nitrogens is 1. The number of carbonyl (C=O) groups is 3. The van der Waals surface area contributed by atoms with Gasteiger partial charge >= 0.3 is 0 Å². The van der Waals surface area contributed by atoms with Crippen molar-refractivity contribution in [1.29, 1.82) is 0 Å². The molecular formula is C18H20N4O4. The molecule has 3 rings (SSSR count). The molecular weight excluding hydrogens is 336 g/mol. The summed E-state index contributed by atoms with van der Waals surface area (Å²) in [5, 5.41) is 12.9. The van der Waals surface area contributed by atoms with Crippen LogP contribution in [0.5, 0.6) is 0 Å². The highest BCUT2D eigenvalue weighted by atomic mass is 16.5. The summed E-state index contributed by atoms with van der Waals surface area (Å²) in [5.41, 5.74) is 2.25. The Morgan fingerprint density at radius 1 is 1.31 bits per heavy atom. The Balaban J connectivity index is 1.72. The summed E-state index contributed by atoms with van der Waals surface area (Å²) in [5.74, 6) is 0.550. The number of aldehydes is 1. The molecule has 1 aromatic carbocycles. The molecule has 2 aromatic rings. The number of nitrogens with zero attached hydrogens (tertiary/aromatic N) is 1. The van der Waals surface area contributed by atoms with Gasteiger partial charge in [0, 0.05) is 36.0 Å². The molecule has 0 bridgehead atoms. The number of nitrogens with one attached hydrogen (secondary N) is 3. The van der Waals surface area contributed by atoms with Gasteiger partial charge in [0.15, 0.2) is 12.1 Å². The van der Waals surface area contributed by atoms with E-state index in [4.69, 9.17) is 4.74 Å². The Labute approximate surface area is 150 Å². The third-order valence-electron chi connectivity index (χ3n) is 4.59. The van der Waals surface area contributed by atoms with Gasteiger partial charge < -0.3 is 15.4 Å². The zero-order chi connectivity index (χ0) is 18.5. The lowest BCUT2D eigenvalue weighted by Gasteiger charge is -2.08. The van der Waals surface area contributed by atoms with Gasteiger partial charge in [-0.05, 0) is 37.5 Å². The van der Waals surface area contributed by atoms with E-state index in [1.165, 1.54) is 7.05 Å². The average Bonchev–Trinajstić information content (AvgIpc) is 3.31. The van der Waals surface area contributed by atoms with Gasteiger partial charge in [0.1, 0.15) is 6.10 Å². The molecule has 8 heteroatoms. The van der Waals surface area contributed by atoms with E-state index < -0.39 is 0 Å². The van der Waals surface area contributed by atoms with Gasteiger partial charge in [0.05, 0.1) is 5.56 Å². The highest BCUT2D eigenvalue weighted by Crippen LogP contribution is 2.35. The fourth-order valence-corrected chi connectivity index (χ4v) is 3.25. The first-order valence-corrected chi connectivity index (χ1v) is 8.37. The highest BCUT2D eigenvalue weighted by Gasteiger charge is 2.28. The zero-order valence-electron chi connectivity index (χ0n) is 14.3. The molecule has 3 N–H and O–H groups in total. The van der Waals surface area contributed by atoms with Gasteiger partial charge in [0.2, 0.25) is 0 Å². The van der Waals surface area contributed by atoms with Gasteiger partial charge in [-0.2, -0.15) is 5.10 Å². The average molecular weight is 356 g/mol. The van der Waals surface area contributed by atoms with Crippen molar-refractivity contribution in [1.82, 2.24) is 15.5 Å². The first kappa shape index (κ1) is 17.7. The molecule has 136 valence electrons. The molecule has 1 saturated carbocycles. The van der Waals surface area contributed by atoms with Crippen molar-refractivity contribution in [3.8, 4) is 0 Å². The monoisotopic (exact) mass is 356 g/mol. The largest absolute Gasteiger partial charge is 0.465 e. The number of benzene rings is 1. The predicted molar refractivity (Wildman–Crippen MR) is 94.6 cm³/mol. The zero-order valence-corrected chi connectivity index (χ0v) is 14.3. The summed E-state index contributed by atoms with van der Waals surface area (Å²) in [4.78, 5) is 33.4. The third-order valence-corrected chi connectivity index (χ3v) is 4.59. The lowest BCUT2D eigenvalue weighted by Crippen LogP contribution is -2.19. The number of anilines is 2. The summed E-state index contributed by atoms with van der Waals surface area (Å²) in [6.45, 7) is 0.500. The van der Waals surface area contributed by atoms with Crippen molar-refractivity contribution in [2.75, 3.05) is 12.4 Å². The van der Waals surface area contributed by atoms with Crippen LogP contribution >= 0.6 is 0 Å². The second kappa shape index (κ2) is 7.81. The van der Waals surface area contributed by atoms with Crippen molar-refractivity contribution in [3.63, 3.8) is 0 Å². The van der Waals surface area contributed by atoms with E-state index in [0.29, 0.717) is 35.4 Å². The highest BCUT2D eigenvalue weighted by molar-refractivity contribution is 6.02. The Morgan fingerprint density at radius 2 is 2.15 bits per heavy atom. The van der Waals surface area contributed by atoms with Crippen molar-refractivity contribution in [2.45, 2.75) is 31.3 Å². The maximum absolute atomic E-state index is 11.9. The summed E-state index contributed by atoms with van der Waals surface area (Å²) in [6, 6.07) is 6.82. The van der Waals surface area contributed by atoms with Crippen LogP contribution in [0.2, 0.25) is 0 Å². The minimum absolute atomic E-state index is 0.0387. The van der Waals surface area contributed by atoms with Crippen molar-refractivity contribution < 1.29 is 19.1 Å². The second-order valence-corrected chi connectivity index (χ2v) is 6.20. The Kier molecular flexibility index (Phi) is 5.31. The number of rotatable bonds is 7. The van der Waals surface area contributed by atoms with Crippen LogP contribution in [0.4, 0.5) is 11.5 Å². The quantitative estimate of drug-likeness (QED) is 0.655. The summed E-state index contributed by atoms with van der Waals surface area (Å²) >= 11 is 0. The lowest BCUT2D eigenvalue weighted by atomic mass is 10.0. The van der Waals surface area contributed by atoms with Crippen molar-refractivity contribution in [3.05, 3.63) is 41.1 Å². The first-order valence-electron chi connectivity index (χ1n) is 8.37. The van der Waals surface area contributed by atoms with E-state index in [1.54, 1.807) is 18.2 Å². The molecule has 2 atom stereocenters. The molecule has 26 heavy (non-hydrogen) atoms. The predicted octanol–water partition coefficient (Wildman–Crippen LogP) is 2.13. The molecule has 2 unspecified atom stereocenters. The van der Waals surface area contributed by atoms with Gasteiger partial charge in [-0.25, -0.2) is 0 Å². The van der Waals surface area contributed by atoms with E-state index in [0.717, 1.165) is 25.0 Å². The molecule has 1 aromatic heterocycles. The smallest absolute Gasteiger partial charge is 0.293 e. The third kappa shape index (κ3) is 3.74. The number of carbonyl (C=O) groups excluding carboxylic acids is 3. The standard InChI is InChI=1S/C18H20N4O4/c1-19-18(25)15-7-13(4-2-12(15)9-23)20-17-8-16(21-22-17)11-3-5-14(6-11)26-10-24/h2,4,7-11,14H,3,5-6H2,1H3,(H,19,25)(H2,20,21,22). The fraction of sp³-hybridized carbons (Fsp3) is 0.333. The normalized spacial score (nSPS) is 19.0. The Morgan fingerprint density at radius 3 is 2.88 bits per heavy atom. The van der Waals surface area contributed by atoms with Crippen LogP contribution in [0.25, 0.3) is 0 Å². The van der Waals surface area contributed by atoms with Gasteiger partial charge in [-0.3, -0.25) is 19.5 Å². The molecule has 0 radical (unpaired) electrons. The van der Waals surface area contributed by atoms with Crippen LogP contribution in [0.1, 0.15) is 51.6 Å². The van der Waals surface area contributed by atoms with Gasteiger partial charge in [-0.1, -0.05) is 0 Å². The van der Waals surface area contributed by atoms with Crippen LogP contribution in [0.15, 0.2) is 24.3 Å².